The molecule has 0 radical (unpaired) electrons. The minimum absolute atomic E-state index is 0.0491. The number of ether oxygens (including phenoxy) is 1. The third kappa shape index (κ3) is 8.37. The van der Waals surface area contributed by atoms with Crippen LogP contribution < -0.4 is 5.32 Å². The number of aliphatic carboxylic acids is 1. The quantitative estimate of drug-likeness (QED) is 0.583. The molecule has 0 unspecified atom stereocenters. The second-order valence-electron chi connectivity index (χ2n) is 10.7. The lowest BCUT2D eigenvalue weighted by Crippen LogP contribution is -2.47. The summed E-state index contributed by atoms with van der Waals surface area (Å²) in [5, 5.41) is 11.9. The molecular weight excluding hydrogens is 426 g/mol. The Labute approximate surface area is 196 Å². The molecule has 2 N–H and O–H groups in total. The monoisotopic (exact) mass is 465 g/mol. The fraction of sp³-hybridized carbons (Fsp3) is 0.750. The van der Waals surface area contributed by atoms with Crippen molar-refractivity contribution in [3.05, 3.63) is 12.2 Å². The van der Waals surface area contributed by atoms with Gasteiger partial charge in [0.05, 0.1) is 11.3 Å². The van der Waals surface area contributed by atoms with E-state index in [1.807, 2.05) is 26.8 Å². The fourth-order valence-electron chi connectivity index (χ4n) is 3.84. The summed E-state index contributed by atoms with van der Waals surface area (Å²) in [6.07, 6.45) is 6.14. The maximum Gasteiger partial charge on any atom is 0.410 e. The Morgan fingerprint density at radius 2 is 1.64 bits per heavy atom. The lowest BCUT2D eigenvalue weighted by molar-refractivity contribution is -0.147. The van der Waals surface area contributed by atoms with E-state index in [1.165, 1.54) is 0 Å². The van der Waals surface area contributed by atoms with Crippen LogP contribution in [0.1, 0.15) is 60.3 Å². The number of nitrogens with one attached hydrogen (secondary N) is 1. The summed E-state index contributed by atoms with van der Waals surface area (Å²) in [5.74, 6) is -1.41. The molecule has 2 fully saturated rings. The van der Waals surface area contributed by atoms with Crippen LogP contribution in [0.2, 0.25) is 0 Å². The van der Waals surface area contributed by atoms with Crippen molar-refractivity contribution in [2.45, 2.75) is 65.9 Å². The van der Waals surface area contributed by atoms with Gasteiger partial charge in [0.25, 0.3) is 0 Å². The highest BCUT2D eigenvalue weighted by Crippen LogP contribution is 2.22. The minimum Gasteiger partial charge on any atom is -0.481 e. The third-order valence-electron chi connectivity index (χ3n) is 6.09. The summed E-state index contributed by atoms with van der Waals surface area (Å²) >= 11 is 0. The van der Waals surface area contributed by atoms with E-state index >= 15 is 0 Å². The van der Waals surface area contributed by atoms with Gasteiger partial charge in [0, 0.05) is 32.7 Å². The molecule has 2 saturated heterocycles. The standard InChI is InChI=1S/C24H39N3O6/c1-23(2,3)33-22(32)26-13-10-17(11-14-26)8-9-19(28)27-12-6-7-18(15-27)20(29)25-16-24(4,5)21(30)31/h8-9,17-18H,6-7,10-16H2,1-5H3,(H,25,29)(H,30,31)/b9-8+/t18-/m1/s1. The van der Waals surface area contributed by atoms with Gasteiger partial charge in [-0.25, -0.2) is 4.79 Å². The first-order valence-electron chi connectivity index (χ1n) is 11.7. The summed E-state index contributed by atoms with van der Waals surface area (Å²) in [6, 6.07) is 0. The van der Waals surface area contributed by atoms with Crippen LogP contribution in [0.5, 0.6) is 0 Å². The van der Waals surface area contributed by atoms with Gasteiger partial charge in [0.2, 0.25) is 11.8 Å². The number of allylic oxidation sites excluding steroid dienone is 1. The second-order valence-corrected chi connectivity index (χ2v) is 10.7. The smallest absolute Gasteiger partial charge is 0.410 e. The molecule has 9 heteroatoms. The average molecular weight is 466 g/mol. The number of hydrogen-bond acceptors (Lipinski definition) is 5. The Hall–Kier alpha value is -2.58. The maximum atomic E-state index is 12.7. The Morgan fingerprint density at radius 1 is 1.00 bits per heavy atom. The molecule has 2 aliphatic heterocycles. The Kier molecular flexibility index (Phi) is 8.91. The first-order valence-corrected chi connectivity index (χ1v) is 11.7. The predicted molar refractivity (Wildman–Crippen MR) is 123 cm³/mol. The van der Waals surface area contributed by atoms with Crippen LogP contribution in [0.3, 0.4) is 0 Å². The molecule has 1 atom stereocenters. The van der Waals surface area contributed by atoms with E-state index in [2.05, 4.69) is 5.32 Å². The molecule has 0 saturated carbocycles. The predicted octanol–water partition coefficient (Wildman–Crippen LogP) is 2.66. The molecule has 3 amide bonds. The van der Waals surface area contributed by atoms with E-state index in [1.54, 1.807) is 29.7 Å². The minimum atomic E-state index is -1.04. The molecule has 186 valence electrons. The number of carboxylic acids is 1. The first kappa shape index (κ1) is 26.7. The van der Waals surface area contributed by atoms with Crippen molar-refractivity contribution < 1.29 is 29.0 Å². The molecule has 2 heterocycles. The first-order chi connectivity index (χ1) is 15.3. The Balaban J connectivity index is 1.80. The van der Waals surface area contributed by atoms with E-state index < -0.39 is 17.0 Å². The van der Waals surface area contributed by atoms with Crippen LogP contribution in [0.25, 0.3) is 0 Å². The van der Waals surface area contributed by atoms with Gasteiger partial charge in [0.15, 0.2) is 0 Å². The van der Waals surface area contributed by atoms with Crippen LogP contribution in [0.4, 0.5) is 4.79 Å². The molecule has 0 aromatic heterocycles. The summed E-state index contributed by atoms with van der Waals surface area (Å²) < 4.78 is 5.41. The largest absolute Gasteiger partial charge is 0.481 e. The number of carboxylic acid groups (broad SMARTS) is 1. The number of carbonyl (C=O) groups is 4. The Morgan fingerprint density at radius 3 is 2.21 bits per heavy atom. The summed E-state index contributed by atoms with van der Waals surface area (Å²) in [6.45, 7) is 10.8. The number of likely N-dealkylation sites (tertiary alicyclic amines) is 2. The van der Waals surface area contributed by atoms with E-state index in [4.69, 9.17) is 4.74 Å². The van der Waals surface area contributed by atoms with E-state index in [0.717, 1.165) is 19.3 Å². The second kappa shape index (κ2) is 11.0. The van der Waals surface area contributed by atoms with Gasteiger partial charge in [-0.1, -0.05) is 6.08 Å². The molecule has 0 spiro atoms. The topological polar surface area (TPSA) is 116 Å². The average Bonchev–Trinajstić information content (AvgIpc) is 2.75. The number of piperidine rings is 2. The lowest BCUT2D eigenvalue weighted by Gasteiger charge is -2.33. The number of amides is 3. The van der Waals surface area contributed by atoms with Crippen molar-refractivity contribution in [3.63, 3.8) is 0 Å². The van der Waals surface area contributed by atoms with Crippen LogP contribution >= 0.6 is 0 Å². The zero-order chi connectivity index (χ0) is 24.8. The molecule has 2 aliphatic rings. The molecule has 0 aromatic rings. The summed E-state index contributed by atoms with van der Waals surface area (Å²) in [5.41, 5.74) is -1.56. The zero-order valence-corrected chi connectivity index (χ0v) is 20.6. The van der Waals surface area contributed by atoms with Crippen LogP contribution in [-0.4, -0.2) is 77.1 Å². The van der Waals surface area contributed by atoms with Gasteiger partial charge in [0.1, 0.15) is 5.60 Å². The third-order valence-corrected chi connectivity index (χ3v) is 6.09. The van der Waals surface area contributed by atoms with E-state index in [0.29, 0.717) is 32.6 Å². The van der Waals surface area contributed by atoms with Crippen LogP contribution in [0.15, 0.2) is 12.2 Å². The van der Waals surface area contributed by atoms with Gasteiger partial charge in [-0.15, -0.1) is 0 Å². The van der Waals surface area contributed by atoms with Gasteiger partial charge in [-0.2, -0.15) is 0 Å². The van der Waals surface area contributed by atoms with Crippen molar-refractivity contribution in [2.75, 3.05) is 32.7 Å². The fourth-order valence-corrected chi connectivity index (χ4v) is 3.84. The molecule has 0 bridgehead atoms. The summed E-state index contributed by atoms with van der Waals surface area (Å²) in [4.78, 5) is 52.0. The number of carbonyl (C=O) groups excluding carboxylic acids is 3. The molecule has 9 nitrogen and oxygen atoms in total. The molecule has 33 heavy (non-hydrogen) atoms. The molecular formula is C24H39N3O6. The number of nitrogens with zero attached hydrogens (tertiary/aromatic N) is 2. The highest BCUT2D eigenvalue weighted by atomic mass is 16.6. The van der Waals surface area contributed by atoms with E-state index in [9.17, 15) is 24.3 Å². The van der Waals surface area contributed by atoms with Gasteiger partial charge < -0.3 is 25.0 Å². The molecule has 2 rings (SSSR count). The van der Waals surface area contributed by atoms with Gasteiger partial charge in [-0.3, -0.25) is 14.4 Å². The van der Waals surface area contributed by atoms with Crippen molar-refractivity contribution in [3.8, 4) is 0 Å². The van der Waals surface area contributed by atoms with Gasteiger partial charge in [-0.05, 0) is 72.3 Å². The highest BCUT2D eigenvalue weighted by molar-refractivity contribution is 5.88. The SMILES string of the molecule is CC(C)(C)OC(=O)N1CCC(/C=C/C(=O)N2CCC[C@@H](C(=O)NCC(C)(C)C(=O)O)C2)CC1. The van der Waals surface area contributed by atoms with Gasteiger partial charge >= 0.3 is 12.1 Å². The maximum absolute atomic E-state index is 12.7. The number of rotatable bonds is 6. The van der Waals surface area contributed by atoms with Crippen LogP contribution in [0, 0.1) is 17.3 Å². The highest BCUT2D eigenvalue weighted by Gasteiger charge is 2.32. The summed E-state index contributed by atoms with van der Waals surface area (Å²) in [7, 11) is 0. The van der Waals surface area contributed by atoms with Crippen molar-refractivity contribution in [1.29, 1.82) is 0 Å². The Bertz CT molecular complexity index is 763. The number of hydrogen-bond donors (Lipinski definition) is 2. The van der Waals surface area contributed by atoms with Crippen molar-refractivity contribution in [1.82, 2.24) is 15.1 Å². The lowest BCUT2D eigenvalue weighted by atomic mass is 9.92. The van der Waals surface area contributed by atoms with Crippen molar-refractivity contribution in [2.24, 2.45) is 17.3 Å². The zero-order valence-electron chi connectivity index (χ0n) is 20.6. The van der Waals surface area contributed by atoms with E-state index in [-0.39, 0.29) is 36.3 Å². The molecule has 0 aromatic carbocycles. The normalized spacial score (nSPS) is 20.6. The van der Waals surface area contributed by atoms with Crippen molar-refractivity contribution >= 4 is 23.9 Å². The molecule has 0 aliphatic carbocycles. The van der Waals surface area contributed by atoms with Crippen LogP contribution in [-0.2, 0) is 19.1 Å².